The predicted octanol–water partition coefficient (Wildman–Crippen LogP) is 8.48. The third-order valence-corrected chi connectivity index (χ3v) is 13.3. The number of ketones is 1. The van der Waals surface area contributed by atoms with E-state index in [0.717, 1.165) is 17.8 Å². The molecule has 0 bridgehead atoms. The summed E-state index contributed by atoms with van der Waals surface area (Å²) in [5.41, 5.74) is 3.29. The Morgan fingerprint density at radius 3 is 2.35 bits per heavy atom. The van der Waals surface area contributed by atoms with Gasteiger partial charge in [0.15, 0.2) is 0 Å². The van der Waals surface area contributed by atoms with Crippen LogP contribution >= 0.6 is 0 Å². The molecule has 10 atom stereocenters. The minimum atomic E-state index is 0. The first-order chi connectivity index (χ1) is 14.7. The molecule has 1 heteroatoms. The number of Topliss-reactive ketones (excluding diaryl/α,β-unsaturated/α-hetero) is 1. The number of allylic oxidation sites excluding steroid dienone is 1. The molecular weight excluding hydrogens is 376 g/mol. The highest BCUT2D eigenvalue weighted by Crippen LogP contribution is 3.14. The summed E-state index contributed by atoms with van der Waals surface area (Å²) in [6.07, 6.45) is 15.9. The maximum atomic E-state index is 12.6. The summed E-state index contributed by atoms with van der Waals surface area (Å²) < 4.78 is 0. The van der Waals surface area contributed by atoms with E-state index in [1.54, 1.807) is 0 Å². The van der Waals surface area contributed by atoms with Crippen LogP contribution in [0.25, 0.3) is 0 Å². The Bertz CT molecular complexity index is 820. The minimum absolute atomic E-state index is 0. The van der Waals surface area contributed by atoms with Crippen molar-refractivity contribution in [1.29, 1.82) is 0 Å². The summed E-state index contributed by atoms with van der Waals surface area (Å²) in [4.78, 5) is 12.6. The molecule has 6 aliphatic carbocycles. The molecule has 1 nitrogen and oxygen atoms in total. The van der Waals surface area contributed by atoms with Gasteiger partial charge < -0.3 is 0 Å². The third-order valence-electron chi connectivity index (χ3n) is 13.3. The van der Waals surface area contributed by atoms with E-state index in [-0.39, 0.29) is 1.43 Å². The van der Waals surface area contributed by atoms with Gasteiger partial charge >= 0.3 is 0 Å². The molecule has 0 aromatic carbocycles. The van der Waals surface area contributed by atoms with Gasteiger partial charge in [-0.15, -0.1) is 6.58 Å². The van der Waals surface area contributed by atoms with Crippen molar-refractivity contribution < 1.29 is 6.22 Å². The fourth-order valence-electron chi connectivity index (χ4n) is 12.4. The highest BCUT2D eigenvalue weighted by Gasteiger charge is 3.10. The van der Waals surface area contributed by atoms with Crippen molar-refractivity contribution >= 4 is 5.78 Å². The second-order valence-corrected chi connectivity index (χ2v) is 13.1. The monoisotopic (exact) mass is 426 g/mol. The molecule has 0 heterocycles. The number of hydrogen-bond acceptors (Lipinski definition) is 1. The molecule has 31 heavy (non-hydrogen) atoms. The molecule has 0 radical (unpaired) electrons. The van der Waals surface area contributed by atoms with E-state index in [1.165, 1.54) is 64.2 Å². The summed E-state index contributed by atoms with van der Waals surface area (Å²) in [5, 5.41) is 0. The van der Waals surface area contributed by atoms with Gasteiger partial charge in [0.2, 0.25) is 0 Å². The third kappa shape index (κ3) is 1.95. The number of rotatable bonds is 5. The second-order valence-electron chi connectivity index (χ2n) is 13.1. The van der Waals surface area contributed by atoms with Crippen LogP contribution in [0.2, 0.25) is 0 Å². The fourth-order valence-corrected chi connectivity index (χ4v) is 12.4. The van der Waals surface area contributed by atoms with Gasteiger partial charge in [-0.25, -0.2) is 0 Å². The summed E-state index contributed by atoms with van der Waals surface area (Å²) in [6.45, 7) is 20.1. The van der Waals surface area contributed by atoms with Crippen molar-refractivity contribution in [3.63, 3.8) is 0 Å². The number of carbonyl (C=O) groups excluding carboxylic acids is 1. The van der Waals surface area contributed by atoms with Crippen molar-refractivity contribution in [2.75, 3.05) is 0 Å². The van der Waals surface area contributed by atoms with Gasteiger partial charge in [-0.2, -0.15) is 0 Å². The molecule has 0 amide bonds. The first-order valence-electron chi connectivity index (χ1n) is 13.8. The maximum Gasteiger partial charge on any atom is 0.133 e. The summed E-state index contributed by atoms with van der Waals surface area (Å²) >= 11 is 0. The van der Waals surface area contributed by atoms with Crippen molar-refractivity contribution in [3.8, 4) is 0 Å². The Kier molecular flexibility index (Phi) is 4.51. The average molecular weight is 427 g/mol. The van der Waals surface area contributed by atoms with Gasteiger partial charge in [-0.3, -0.25) is 4.79 Å². The quantitative estimate of drug-likeness (QED) is 0.403. The minimum Gasteiger partial charge on any atom is -0.300 e. The van der Waals surface area contributed by atoms with E-state index >= 15 is 0 Å². The lowest BCUT2D eigenvalue weighted by Gasteiger charge is -2.59. The van der Waals surface area contributed by atoms with Crippen molar-refractivity contribution in [3.05, 3.63) is 12.7 Å². The van der Waals surface area contributed by atoms with E-state index in [2.05, 4.69) is 40.3 Å². The maximum absolute atomic E-state index is 12.6. The zero-order valence-electron chi connectivity index (χ0n) is 21.6. The van der Waals surface area contributed by atoms with Gasteiger partial charge in [0.1, 0.15) is 5.78 Å². The van der Waals surface area contributed by atoms with Crippen LogP contribution in [0.1, 0.15) is 114 Å². The highest BCUT2D eigenvalue weighted by molar-refractivity contribution is 5.81. The van der Waals surface area contributed by atoms with Crippen LogP contribution in [-0.2, 0) is 4.79 Å². The molecule has 0 saturated heterocycles. The predicted molar refractivity (Wildman–Crippen MR) is 132 cm³/mol. The zero-order chi connectivity index (χ0) is 22.7. The molecule has 6 saturated carbocycles. The van der Waals surface area contributed by atoms with Crippen molar-refractivity contribution in [2.24, 2.45) is 56.2 Å². The molecule has 0 N–H and O–H groups in total. The van der Waals surface area contributed by atoms with Crippen LogP contribution in [-0.4, -0.2) is 5.78 Å². The number of fused-ring (bicyclic) bond motifs is 1. The molecule has 0 aromatic rings. The van der Waals surface area contributed by atoms with Crippen molar-refractivity contribution in [2.45, 2.75) is 113 Å². The Labute approximate surface area is 193 Å². The Morgan fingerprint density at radius 1 is 1.06 bits per heavy atom. The van der Waals surface area contributed by atoms with Crippen LogP contribution in [0.15, 0.2) is 12.7 Å². The fraction of sp³-hybridized carbons (Fsp3) is 0.900. The molecule has 3 spiro atoms. The standard InChI is InChI=1S/C28H42O.C2H6.H2/c1-7-10-19-15-21-25(9-3,16-23(19,5)8-2)17-28-22-26(21,28)14-13-24(6)20(18(4)29)11-12-27(22,24)28;1-2;/h7,19-22H,1,8-17H2,2-6H3;1-2H3;1H/t19?,20-,21+,22-,23?,24?,25+,26?,27?,28?;;/m1../s1. The molecule has 0 aromatic heterocycles. The normalized spacial score (nSPS) is 59.3. The Balaban J connectivity index is 0.000000796. The van der Waals surface area contributed by atoms with Gasteiger partial charge in [0.25, 0.3) is 0 Å². The van der Waals surface area contributed by atoms with Gasteiger partial charge in [-0.05, 0) is 109 Å². The first-order valence-corrected chi connectivity index (χ1v) is 13.8. The van der Waals surface area contributed by atoms with Crippen molar-refractivity contribution in [1.82, 2.24) is 0 Å². The number of carbonyl (C=O) groups is 1. The van der Waals surface area contributed by atoms with Gasteiger partial charge in [-0.1, -0.05) is 60.5 Å². The van der Waals surface area contributed by atoms with Crippen LogP contribution in [0.4, 0.5) is 0 Å². The lowest BCUT2D eigenvalue weighted by atomic mass is 9.45. The largest absolute Gasteiger partial charge is 0.300 e. The Morgan fingerprint density at radius 2 is 1.77 bits per heavy atom. The van der Waals surface area contributed by atoms with E-state index in [0.29, 0.717) is 44.2 Å². The summed E-state index contributed by atoms with van der Waals surface area (Å²) in [7, 11) is 0. The van der Waals surface area contributed by atoms with Gasteiger partial charge in [0, 0.05) is 7.34 Å². The summed E-state index contributed by atoms with van der Waals surface area (Å²) in [5.74, 6) is 3.63. The molecule has 6 rings (SSSR count). The average Bonchev–Trinajstić information content (AvgIpc) is 3.47. The van der Waals surface area contributed by atoms with E-state index in [9.17, 15) is 4.79 Å². The van der Waals surface area contributed by atoms with Crippen LogP contribution in [0, 0.1) is 56.2 Å². The van der Waals surface area contributed by atoms with E-state index in [4.69, 9.17) is 0 Å². The summed E-state index contributed by atoms with van der Waals surface area (Å²) in [6, 6.07) is 0. The molecule has 6 aliphatic rings. The molecule has 176 valence electrons. The topological polar surface area (TPSA) is 17.1 Å². The molecule has 6 fully saturated rings. The lowest BCUT2D eigenvalue weighted by Crippen LogP contribution is -2.53. The SMILES string of the molecule is C=CCC1C[C@@H]2C34CCC5(C)[C@@H](C(C)=O)CCC56[C@@H]3C46C[C@]2(CC)CC1(C)CC.CC.[HH]. The van der Waals surface area contributed by atoms with E-state index in [1.807, 2.05) is 20.8 Å². The zero-order valence-corrected chi connectivity index (χ0v) is 21.6. The van der Waals surface area contributed by atoms with Crippen LogP contribution in [0.3, 0.4) is 0 Å². The lowest BCUT2D eigenvalue weighted by molar-refractivity contribution is -0.133. The molecule has 0 aliphatic heterocycles. The van der Waals surface area contributed by atoms with E-state index < -0.39 is 0 Å². The molecule has 6 unspecified atom stereocenters. The second kappa shape index (κ2) is 6.29. The van der Waals surface area contributed by atoms with Crippen LogP contribution < -0.4 is 0 Å². The van der Waals surface area contributed by atoms with Gasteiger partial charge in [0.05, 0.1) is 0 Å². The van der Waals surface area contributed by atoms with Crippen LogP contribution in [0.5, 0.6) is 0 Å². The highest BCUT2D eigenvalue weighted by atomic mass is 16.1. The number of hydrogen-bond donors (Lipinski definition) is 0. The molecular formula is C30H50O. The Hall–Kier alpha value is -0.590. The smallest absolute Gasteiger partial charge is 0.133 e. The first kappa shape index (κ1) is 22.2.